The van der Waals surface area contributed by atoms with Gasteiger partial charge in [-0.15, -0.1) is 0 Å². The predicted octanol–water partition coefficient (Wildman–Crippen LogP) is -0.973. The van der Waals surface area contributed by atoms with Crippen molar-refractivity contribution in [2.45, 2.75) is 37.8 Å². The number of hydrogen-bond acceptors (Lipinski definition) is 5. The lowest BCUT2D eigenvalue weighted by Gasteiger charge is -2.11. The van der Waals surface area contributed by atoms with E-state index in [-0.39, 0.29) is 17.1 Å². The Morgan fingerprint density at radius 1 is 1.61 bits per heavy atom. The van der Waals surface area contributed by atoms with Gasteiger partial charge in [0.2, 0.25) is 15.9 Å². The van der Waals surface area contributed by atoms with Crippen LogP contribution in [0.15, 0.2) is 11.1 Å². The Bertz CT molecular complexity index is 536. The first-order valence-electron chi connectivity index (χ1n) is 5.39. The molecule has 0 bridgehead atoms. The molecule has 102 valence electrons. The van der Waals surface area contributed by atoms with Gasteiger partial charge in [0, 0.05) is 25.2 Å². The van der Waals surface area contributed by atoms with E-state index in [0.29, 0.717) is 6.54 Å². The summed E-state index contributed by atoms with van der Waals surface area (Å²) in [5.74, 6) is -0.655. The highest BCUT2D eigenvalue weighted by molar-refractivity contribution is 7.89. The first-order valence-corrected chi connectivity index (χ1v) is 6.88. The minimum absolute atomic E-state index is 0.0735. The van der Waals surface area contributed by atoms with Gasteiger partial charge in [-0.2, -0.15) is 5.10 Å². The molecule has 1 aromatic rings. The van der Waals surface area contributed by atoms with Gasteiger partial charge < -0.3 is 11.5 Å². The number of nitrogens with zero attached hydrogens (tertiary/aromatic N) is 2. The number of amides is 1. The molecule has 8 nitrogen and oxygen atoms in total. The lowest BCUT2D eigenvalue weighted by Crippen LogP contribution is -2.35. The number of nitrogens with two attached hydrogens (primary N) is 2. The Hall–Kier alpha value is -1.61. The van der Waals surface area contributed by atoms with Gasteiger partial charge in [0.25, 0.3) is 0 Å². The van der Waals surface area contributed by atoms with Crippen molar-refractivity contribution in [3.8, 4) is 0 Å². The summed E-state index contributed by atoms with van der Waals surface area (Å²) in [6, 6.07) is -0.600. The normalized spacial score (nSPS) is 13.4. The molecule has 1 atom stereocenters. The van der Waals surface area contributed by atoms with Crippen LogP contribution in [0.25, 0.3) is 0 Å². The molecule has 1 aromatic heterocycles. The fourth-order valence-electron chi connectivity index (χ4n) is 1.46. The SMILES string of the molecule is CCn1cc(S(=O)(=O)NC(C)CC(N)=O)c(N)n1. The van der Waals surface area contributed by atoms with E-state index in [0.717, 1.165) is 0 Å². The lowest BCUT2D eigenvalue weighted by molar-refractivity contribution is -0.118. The summed E-state index contributed by atoms with van der Waals surface area (Å²) >= 11 is 0. The molecule has 1 heterocycles. The highest BCUT2D eigenvalue weighted by atomic mass is 32.2. The van der Waals surface area contributed by atoms with Gasteiger partial charge in [-0.25, -0.2) is 13.1 Å². The Kier molecular flexibility index (Phi) is 4.30. The molecule has 0 aromatic carbocycles. The van der Waals surface area contributed by atoms with Crippen LogP contribution in [0.3, 0.4) is 0 Å². The smallest absolute Gasteiger partial charge is 0.246 e. The zero-order valence-corrected chi connectivity index (χ0v) is 11.1. The quantitative estimate of drug-likeness (QED) is 0.614. The fraction of sp³-hybridized carbons (Fsp3) is 0.556. The molecule has 0 aliphatic rings. The maximum absolute atomic E-state index is 12.0. The maximum atomic E-state index is 12.0. The molecular weight excluding hydrogens is 258 g/mol. The van der Waals surface area contributed by atoms with Gasteiger partial charge in [0.15, 0.2) is 5.82 Å². The Labute approximate surface area is 105 Å². The number of hydrogen-bond donors (Lipinski definition) is 3. The number of rotatable bonds is 6. The van der Waals surface area contributed by atoms with Crippen molar-refractivity contribution >= 4 is 21.7 Å². The van der Waals surface area contributed by atoms with Gasteiger partial charge in [-0.3, -0.25) is 9.48 Å². The van der Waals surface area contributed by atoms with Gasteiger partial charge in [-0.05, 0) is 13.8 Å². The number of aromatic nitrogens is 2. The minimum Gasteiger partial charge on any atom is -0.381 e. The fourth-order valence-corrected chi connectivity index (χ4v) is 2.78. The predicted molar refractivity (Wildman–Crippen MR) is 65.9 cm³/mol. The molecule has 1 unspecified atom stereocenters. The van der Waals surface area contributed by atoms with Gasteiger partial charge in [0.05, 0.1) is 0 Å². The van der Waals surface area contributed by atoms with Crippen molar-refractivity contribution in [3.63, 3.8) is 0 Å². The third-order valence-corrected chi connectivity index (χ3v) is 3.84. The number of aryl methyl sites for hydroxylation is 1. The molecule has 0 saturated heterocycles. The van der Waals surface area contributed by atoms with E-state index in [2.05, 4.69) is 9.82 Å². The summed E-state index contributed by atoms with van der Waals surface area (Å²) in [6.07, 6.45) is 1.26. The van der Waals surface area contributed by atoms with E-state index in [1.807, 2.05) is 6.92 Å². The maximum Gasteiger partial charge on any atom is 0.246 e. The molecule has 1 rings (SSSR count). The van der Waals surface area contributed by atoms with E-state index >= 15 is 0 Å². The first-order chi connectivity index (χ1) is 8.26. The lowest BCUT2D eigenvalue weighted by atomic mass is 10.2. The summed E-state index contributed by atoms with van der Waals surface area (Å²) < 4.78 is 27.7. The highest BCUT2D eigenvalue weighted by Crippen LogP contribution is 2.16. The topological polar surface area (TPSA) is 133 Å². The summed E-state index contributed by atoms with van der Waals surface area (Å²) in [4.78, 5) is 10.6. The van der Waals surface area contributed by atoms with Crippen molar-refractivity contribution in [1.82, 2.24) is 14.5 Å². The molecule has 0 fully saturated rings. The number of anilines is 1. The Morgan fingerprint density at radius 3 is 2.67 bits per heavy atom. The number of carbonyl (C=O) groups excluding carboxylic acids is 1. The second-order valence-corrected chi connectivity index (χ2v) is 5.61. The highest BCUT2D eigenvalue weighted by Gasteiger charge is 2.23. The van der Waals surface area contributed by atoms with Crippen molar-refractivity contribution < 1.29 is 13.2 Å². The third-order valence-electron chi connectivity index (χ3n) is 2.23. The minimum atomic E-state index is -3.79. The molecular formula is C9H17N5O3S. The van der Waals surface area contributed by atoms with Crippen LogP contribution in [0, 0.1) is 0 Å². The number of carbonyl (C=O) groups is 1. The molecule has 9 heteroatoms. The molecule has 0 radical (unpaired) electrons. The average molecular weight is 275 g/mol. The van der Waals surface area contributed by atoms with Crippen molar-refractivity contribution in [2.24, 2.45) is 5.73 Å². The molecule has 0 saturated carbocycles. The van der Waals surface area contributed by atoms with Gasteiger partial charge in [0.1, 0.15) is 4.90 Å². The van der Waals surface area contributed by atoms with Crippen molar-refractivity contribution in [3.05, 3.63) is 6.20 Å². The number of sulfonamides is 1. The van der Waals surface area contributed by atoms with E-state index < -0.39 is 22.0 Å². The summed E-state index contributed by atoms with van der Waals surface area (Å²) in [5.41, 5.74) is 10.5. The van der Waals surface area contributed by atoms with Crippen molar-refractivity contribution in [1.29, 1.82) is 0 Å². The van der Waals surface area contributed by atoms with Crippen LogP contribution in [0.4, 0.5) is 5.82 Å². The van der Waals surface area contributed by atoms with Gasteiger partial charge >= 0.3 is 0 Å². The molecule has 18 heavy (non-hydrogen) atoms. The van der Waals surface area contributed by atoms with Crippen LogP contribution >= 0.6 is 0 Å². The largest absolute Gasteiger partial charge is 0.381 e. The average Bonchev–Trinajstić information content (AvgIpc) is 2.58. The Morgan fingerprint density at radius 2 is 2.22 bits per heavy atom. The monoisotopic (exact) mass is 275 g/mol. The van der Waals surface area contributed by atoms with Crippen LogP contribution in [-0.2, 0) is 21.4 Å². The van der Waals surface area contributed by atoms with E-state index in [1.54, 1.807) is 6.92 Å². The summed E-state index contributed by atoms with van der Waals surface area (Å²) in [7, 11) is -3.79. The van der Waals surface area contributed by atoms with Crippen LogP contribution < -0.4 is 16.2 Å². The van der Waals surface area contributed by atoms with Crippen molar-refractivity contribution in [2.75, 3.05) is 5.73 Å². The molecule has 1 amide bonds. The number of nitrogens with one attached hydrogen (secondary N) is 1. The Balaban J connectivity index is 2.92. The van der Waals surface area contributed by atoms with E-state index in [9.17, 15) is 13.2 Å². The van der Waals surface area contributed by atoms with Crippen LogP contribution in [0.5, 0.6) is 0 Å². The molecule has 5 N–H and O–H groups in total. The molecule has 0 spiro atoms. The second-order valence-electron chi connectivity index (χ2n) is 3.93. The van der Waals surface area contributed by atoms with Crippen LogP contribution in [-0.4, -0.2) is 30.1 Å². The standard InChI is InChI=1S/C9H17N5O3S/c1-3-14-5-7(9(11)12-14)18(16,17)13-6(2)4-8(10)15/h5-6,13H,3-4H2,1-2H3,(H2,10,15)(H2,11,12). The molecule has 0 aliphatic heterocycles. The van der Waals surface area contributed by atoms with Crippen LogP contribution in [0.2, 0.25) is 0 Å². The van der Waals surface area contributed by atoms with E-state index in [4.69, 9.17) is 11.5 Å². The summed E-state index contributed by atoms with van der Waals surface area (Å²) in [6.45, 7) is 3.87. The first kappa shape index (κ1) is 14.5. The zero-order valence-electron chi connectivity index (χ0n) is 10.3. The third kappa shape index (κ3) is 3.44. The van der Waals surface area contributed by atoms with Crippen LogP contribution in [0.1, 0.15) is 20.3 Å². The van der Waals surface area contributed by atoms with E-state index in [1.165, 1.54) is 10.9 Å². The number of nitrogen functional groups attached to an aromatic ring is 1. The summed E-state index contributed by atoms with van der Waals surface area (Å²) in [5, 5.41) is 3.85. The second kappa shape index (κ2) is 5.36. The molecule has 0 aliphatic carbocycles. The van der Waals surface area contributed by atoms with Gasteiger partial charge in [-0.1, -0.05) is 0 Å². The zero-order chi connectivity index (χ0) is 13.9. The number of primary amides is 1.